The highest BCUT2D eigenvalue weighted by Gasteiger charge is 2.53. The highest BCUT2D eigenvalue weighted by atomic mass is 16.6. The third-order valence-electron chi connectivity index (χ3n) is 6.35. The molecule has 7 nitrogen and oxygen atoms in total. The first-order valence-corrected chi connectivity index (χ1v) is 10.2. The second-order valence-corrected chi connectivity index (χ2v) is 8.03. The number of nitrogens with zero attached hydrogens (tertiary/aromatic N) is 1. The van der Waals surface area contributed by atoms with Crippen molar-refractivity contribution in [3.05, 3.63) is 88.1 Å². The van der Waals surface area contributed by atoms with Crippen LogP contribution in [0.25, 0.3) is 0 Å². The lowest BCUT2D eigenvalue weighted by Gasteiger charge is -2.45. The van der Waals surface area contributed by atoms with E-state index in [0.29, 0.717) is 65.7 Å². The molecule has 0 radical (unpaired) electrons. The number of hydrogen-bond donors (Lipinski definition) is 1. The fourth-order valence-corrected chi connectivity index (χ4v) is 4.80. The summed E-state index contributed by atoms with van der Waals surface area (Å²) in [5, 5.41) is 23.4. The molecule has 3 aliphatic rings. The second-order valence-electron chi connectivity index (χ2n) is 8.03. The smallest absolute Gasteiger partial charge is 0.340 e. The third-order valence-corrected chi connectivity index (χ3v) is 6.35. The molecule has 3 aromatic carbocycles. The van der Waals surface area contributed by atoms with Crippen LogP contribution in [0.15, 0.2) is 60.7 Å². The SMILES string of the molecule is O=C1OC2(c3ccc(O)cc3Oc3cc([N+]4([O-])CCOCC4)ccc32)c2ccccc21. The number of hydrogen-bond acceptors (Lipinski definition) is 6. The van der Waals surface area contributed by atoms with Gasteiger partial charge in [0.2, 0.25) is 0 Å². The van der Waals surface area contributed by atoms with Crippen molar-refractivity contribution in [3.8, 4) is 17.2 Å². The molecule has 1 spiro atoms. The Hall–Kier alpha value is -3.39. The van der Waals surface area contributed by atoms with Gasteiger partial charge in [0.05, 0.1) is 18.8 Å². The van der Waals surface area contributed by atoms with Crippen LogP contribution < -0.4 is 9.38 Å². The van der Waals surface area contributed by atoms with E-state index in [0.717, 1.165) is 0 Å². The molecule has 6 rings (SSSR count). The highest BCUT2D eigenvalue weighted by Crippen LogP contribution is 2.57. The zero-order chi connectivity index (χ0) is 21.2. The first kappa shape index (κ1) is 18.4. The van der Waals surface area contributed by atoms with E-state index >= 15 is 0 Å². The third kappa shape index (κ3) is 2.48. The summed E-state index contributed by atoms with van der Waals surface area (Å²) < 4.78 is 17.0. The molecule has 0 aliphatic carbocycles. The fraction of sp³-hybridized carbons (Fsp3) is 0.208. The number of ether oxygens (including phenoxy) is 3. The Balaban J connectivity index is 1.60. The minimum atomic E-state index is -1.21. The molecule has 0 aromatic heterocycles. The molecule has 3 aromatic rings. The van der Waals surface area contributed by atoms with Crippen LogP contribution in [0.2, 0.25) is 0 Å². The molecule has 31 heavy (non-hydrogen) atoms. The highest BCUT2D eigenvalue weighted by molar-refractivity contribution is 5.97. The van der Waals surface area contributed by atoms with Gasteiger partial charge in [-0.1, -0.05) is 18.2 Å². The predicted molar refractivity (Wildman–Crippen MR) is 112 cm³/mol. The molecule has 0 saturated carbocycles. The summed E-state index contributed by atoms with van der Waals surface area (Å²) in [6, 6.07) is 17.3. The van der Waals surface area contributed by atoms with Gasteiger partial charge in [0.1, 0.15) is 36.0 Å². The van der Waals surface area contributed by atoms with Crippen molar-refractivity contribution in [2.24, 2.45) is 0 Å². The minimum absolute atomic E-state index is 0.0339. The number of hydroxylamine groups is 2. The maximum Gasteiger partial charge on any atom is 0.340 e. The summed E-state index contributed by atoms with van der Waals surface area (Å²) in [5.74, 6) is 0.423. The van der Waals surface area contributed by atoms with Gasteiger partial charge < -0.3 is 29.2 Å². The quantitative estimate of drug-likeness (QED) is 0.368. The number of carbonyl (C=O) groups is 1. The van der Waals surface area contributed by atoms with Crippen molar-refractivity contribution >= 4 is 11.7 Å². The number of esters is 1. The van der Waals surface area contributed by atoms with Crippen molar-refractivity contribution in [2.45, 2.75) is 5.60 Å². The van der Waals surface area contributed by atoms with Crippen molar-refractivity contribution in [2.75, 3.05) is 26.3 Å². The van der Waals surface area contributed by atoms with Crippen LogP contribution in [0.3, 0.4) is 0 Å². The number of benzene rings is 3. The van der Waals surface area contributed by atoms with Crippen molar-refractivity contribution in [1.82, 2.24) is 4.65 Å². The lowest BCUT2D eigenvalue weighted by atomic mass is 9.77. The molecule has 3 heterocycles. The molecule has 1 atom stereocenters. The summed E-state index contributed by atoms with van der Waals surface area (Å²) in [7, 11) is 0. The van der Waals surface area contributed by atoms with E-state index in [4.69, 9.17) is 14.2 Å². The Morgan fingerprint density at radius 1 is 0.903 bits per heavy atom. The molecule has 1 unspecified atom stereocenters. The fourth-order valence-electron chi connectivity index (χ4n) is 4.80. The van der Waals surface area contributed by atoms with Crippen molar-refractivity contribution in [3.63, 3.8) is 0 Å². The van der Waals surface area contributed by atoms with Crippen LogP contribution in [0.1, 0.15) is 27.0 Å². The Bertz CT molecular complexity index is 1230. The summed E-state index contributed by atoms with van der Waals surface area (Å²) in [4.78, 5) is 12.8. The summed E-state index contributed by atoms with van der Waals surface area (Å²) in [5.41, 5.74) is 1.81. The number of fused-ring (bicyclic) bond motifs is 6. The van der Waals surface area contributed by atoms with Crippen LogP contribution in [-0.2, 0) is 15.1 Å². The van der Waals surface area contributed by atoms with Gasteiger partial charge >= 0.3 is 5.97 Å². The molecular weight excluding hydrogens is 398 g/mol. The number of morpholine rings is 1. The largest absolute Gasteiger partial charge is 0.627 e. The van der Waals surface area contributed by atoms with Gasteiger partial charge in [0.15, 0.2) is 5.60 Å². The molecule has 156 valence electrons. The molecule has 0 amide bonds. The van der Waals surface area contributed by atoms with E-state index in [1.807, 2.05) is 18.2 Å². The van der Waals surface area contributed by atoms with Crippen LogP contribution >= 0.6 is 0 Å². The van der Waals surface area contributed by atoms with Gasteiger partial charge in [-0.15, -0.1) is 0 Å². The summed E-state index contributed by atoms with van der Waals surface area (Å²) in [6.45, 7) is 1.43. The van der Waals surface area contributed by atoms with E-state index in [1.54, 1.807) is 36.4 Å². The van der Waals surface area contributed by atoms with Gasteiger partial charge in [-0.05, 0) is 24.3 Å². The number of phenolic OH excluding ortho intramolecular Hbond substituents is 1. The Morgan fingerprint density at radius 2 is 1.61 bits per heavy atom. The van der Waals surface area contributed by atoms with E-state index in [2.05, 4.69) is 0 Å². The Labute approximate surface area is 178 Å². The topological polar surface area (TPSA) is 88.1 Å². The monoisotopic (exact) mass is 417 g/mol. The van der Waals surface area contributed by atoms with Crippen molar-refractivity contribution in [1.29, 1.82) is 0 Å². The number of quaternary nitrogens is 1. The van der Waals surface area contributed by atoms with Crippen LogP contribution in [0, 0.1) is 5.21 Å². The average molecular weight is 417 g/mol. The van der Waals surface area contributed by atoms with Gasteiger partial charge in [0.25, 0.3) is 0 Å². The zero-order valence-corrected chi connectivity index (χ0v) is 16.5. The summed E-state index contributed by atoms with van der Waals surface area (Å²) >= 11 is 0. The molecule has 1 N–H and O–H groups in total. The maximum atomic E-state index is 13.3. The van der Waals surface area contributed by atoms with Crippen LogP contribution in [0.4, 0.5) is 5.69 Å². The number of rotatable bonds is 1. The standard InChI is InChI=1S/C24H19NO6/c26-16-6-8-20-22(14-16)30-21-13-15(25(28)9-11-29-12-10-25)5-7-19(21)24(20)18-4-2-1-3-17(18)23(27)31-24/h1-8,13-14,26H,9-12H2. The molecule has 1 fully saturated rings. The molecule has 7 heteroatoms. The molecule has 1 saturated heterocycles. The maximum absolute atomic E-state index is 13.3. The first-order chi connectivity index (χ1) is 15.0. The van der Waals surface area contributed by atoms with Crippen molar-refractivity contribution < 1.29 is 24.1 Å². The molecule has 0 bridgehead atoms. The van der Waals surface area contributed by atoms with Crippen LogP contribution in [0.5, 0.6) is 17.2 Å². The van der Waals surface area contributed by atoms with E-state index in [1.165, 1.54) is 6.07 Å². The lowest BCUT2D eigenvalue weighted by molar-refractivity contribution is 0.0223. The summed E-state index contributed by atoms with van der Waals surface area (Å²) in [6.07, 6.45) is 0. The van der Waals surface area contributed by atoms with Gasteiger partial charge in [-0.25, -0.2) is 4.79 Å². The van der Waals surface area contributed by atoms with E-state index < -0.39 is 16.2 Å². The van der Waals surface area contributed by atoms with Crippen LogP contribution in [-0.4, -0.2) is 37.4 Å². The predicted octanol–water partition coefficient (Wildman–Crippen LogP) is 3.80. The minimum Gasteiger partial charge on any atom is -0.627 e. The zero-order valence-electron chi connectivity index (χ0n) is 16.5. The molecule has 3 aliphatic heterocycles. The van der Waals surface area contributed by atoms with Gasteiger partial charge in [0, 0.05) is 34.9 Å². The first-order valence-electron chi connectivity index (χ1n) is 10.2. The number of phenols is 1. The van der Waals surface area contributed by atoms with E-state index in [-0.39, 0.29) is 5.75 Å². The number of carbonyl (C=O) groups excluding carboxylic acids is 1. The second kappa shape index (κ2) is 6.31. The average Bonchev–Trinajstić information content (AvgIpc) is 3.07. The Morgan fingerprint density at radius 3 is 2.42 bits per heavy atom. The van der Waals surface area contributed by atoms with Gasteiger partial charge in [-0.2, -0.15) is 0 Å². The van der Waals surface area contributed by atoms with Gasteiger partial charge in [-0.3, -0.25) is 0 Å². The normalized spacial score (nSPS) is 22.8. The number of aromatic hydroxyl groups is 1. The molecular formula is C24H19NO6. The van der Waals surface area contributed by atoms with E-state index in [9.17, 15) is 15.1 Å². The Kier molecular flexibility index (Phi) is 3.74. The lowest BCUT2D eigenvalue weighted by Crippen LogP contribution is -2.51.